The van der Waals surface area contributed by atoms with Gasteiger partial charge in [-0.15, -0.1) is 11.3 Å². The number of amides is 1. The minimum absolute atomic E-state index is 0.263. The predicted molar refractivity (Wildman–Crippen MR) is 99.2 cm³/mol. The van der Waals surface area contributed by atoms with E-state index >= 15 is 0 Å². The molecule has 7 heteroatoms. The third-order valence-corrected chi connectivity index (χ3v) is 4.82. The van der Waals surface area contributed by atoms with Crippen molar-refractivity contribution in [3.8, 4) is 5.75 Å². The molecule has 0 saturated carbocycles. The van der Waals surface area contributed by atoms with Gasteiger partial charge in [-0.3, -0.25) is 4.79 Å². The summed E-state index contributed by atoms with van der Waals surface area (Å²) in [6.45, 7) is 2.20. The number of anilines is 1. The van der Waals surface area contributed by atoms with Crippen LogP contribution in [0.1, 0.15) is 26.4 Å². The van der Waals surface area contributed by atoms with Crippen LogP contribution in [0.4, 0.5) is 18.9 Å². The van der Waals surface area contributed by atoms with Gasteiger partial charge < -0.3 is 10.1 Å². The molecule has 140 valence electrons. The van der Waals surface area contributed by atoms with E-state index in [1.807, 2.05) is 31.2 Å². The number of halogens is 3. The number of aryl methyl sites for hydroxylation is 1. The van der Waals surface area contributed by atoms with Crippen LogP contribution in [0.5, 0.6) is 5.75 Å². The Hall–Kier alpha value is -2.80. The molecule has 3 rings (SSSR count). The van der Waals surface area contributed by atoms with E-state index in [4.69, 9.17) is 4.74 Å². The molecular weight excluding hydrogens is 375 g/mol. The maximum atomic E-state index is 13.0. The molecule has 0 aliphatic rings. The first-order valence-corrected chi connectivity index (χ1v) is 8.96. The van der Waals surface area contributed by atoms with Gasteiger partial charge in [-0.05, 0) is 42.1 Å². The molecule has 1 amide bonds. The van der Waals surface area contributed by atoms with Gasteiger partial charge in [-0.1, -0.05) is 30.3 Å². The maximum Gasteiger partial charge on any atom is 0.418 e. The summed E-state index contributed by atoms with van der Waals surface area (Å²) < 4.78 is 44.8. The number of rotatable bonds is 5. The minimum Gasteiger partial charge on any atom is -0.489 e. The highest BCUT2D eigenvalue weighted by Gasteiger charge is 2.33. The molecule has 0 aliphatic carbocycles. The molecule has 1 N–H and O–H groups in total. The third kappa shape index (κ3) is 4.68. The third-order valence-electron chi connectivity index (χ3n) is 3.85. The number of carbonyl (C=O) groups excluding carboxylic acids is 1. The molecule has 2 aromatic carbocycles. The second-order valence-corrected chi connectivity index (χ2v) is 6.78. The summed E-state index contributed by atoms with van der Waals surface area (Å²) in [6.07, 6.45) is -4.54. The highest BCUT2D eigenvalue weighted by molar-refractivity contribution is 7.12. The zero-order valence-electron chi connectivity index (χ0n) is 14.3. The fourth-order valence-electron chi connectivity index (χ4n) is 2.47. The van der Waals surface area contributed by atoms with Crippen molar-refractivity contribution < 1.29 is 22.7 Å². The van der Waals surface area contributed by atoms with E-state index in [0.29, 0.717) is 4.88 Å². The number of hydrogen-bond acceptors (Lipinski definition) is 3. The van der Waals surface area contributed by atoms with Crippen LogP contribution in [-0.2, 0) is 12.8 Å². The van der Waals surface area contributed by atoms with Crippen LogP contribution in [-0.4, -0.2) is 5.91 Å². The SMILES string of the molecule is Cc1ccccc1OCc1csc(C(=O)Nc2ccccc2C(F)(F)F)c1. The number of thiophene rings is 1. The van der Waals surface area contributed by atoms with Crippen LogP contribution in [0.25, 0.3) is 0 Å². The second kappa shape index (κ2) is 7.84. The first-order chi connectivity index (χ1) is 12.8. The highest BCUT2D eigenvalue weighted by atomic mass is 32.1. The summed E-state index contributed by atoms with van der Waals surface area (Å²) in [5.74, 6) is 0.160. The maximum absolute atomic E-state index is 13.0. The first kappa shape index (κ1) is 19.0. The van der Waals surface area contributed by atoms with E-state index in [1.54, 1.807) is 11.4 Å². The van der Waals surface area contributed by atoms with Crippen LogP contribution in [0.2, 0.25) is 0 Å². The Kier molecular flexibility index (Phi) is 5.51. The van der Waals surface area contributed by atoms with Crippen molar-refractivity contribution in [3.05, 3.63) is 81.5 Å². The van der Waals surface area contributed by atoms with Gasteiger partial charge in [0.1, 0.15) is 12.4 Å². The molecule has 0 spiro atoms. The van der Waals surface area contributed by atoms with Crippen LogP contribution in [0.15, 0.2) is 60.0 Å². The number of hydrogen-bond donors (Lipinski definition) is 1. The van der Waals surface area contributed by atoms with Gasteiger partial charge in [0, 0.05) is 5.56 Å². The van der Waals surface area contributed by atoms with E-state index in [-0.39, 0.29) is 12.3 Å². The first-order valence-electron chi connectivity index (χ1n) is 8.08. The van der Waals surface area contributed by atoms with Crippen molar-refractivity contribution >= 4 is 22.9 Å². The molecule has 27 heavy (non-hydrogen) atoms. The van der Waals surface area contributed by atoms with Crippen molar-refractivity contribution in [2.75, 3.05) is 5.32 Å². The number of benzene rings is 2. The van der Waals surface area contributed by atoms with E-state index < -0.39 is 17.6 Å². The average molecular weight is 391 g/mol. The summed E-state index contributed by atoms with van der Waals surface area (Å²) in [5.41, 5.74) is 0.631. The number of ether oxygens (including phenoxy) is 1. The summed E-state index contributed by atoms with van der Waals surface area (Å²) in [5, 5.41) is 4.09. The Morgan fingerprint density at radius 3 is 2.56 bits per heavy atom. The predicted octanol–water partition coefficient (Wildman–Crippen LogP) is 5.91. The molecule has 0 aliphatic heterocycles. The highest BCUT2D eigenvalue weighted by Crippen LogP contribution is 2.35. The van der Waals surface area contributed by atoms with Gasteiger partial charge in [-0.25, -0.2) is 0 Å². The summed E-state index contributed by atoms with van der Waals surface area (Å²) in [6, 6.07) is 14.1. The molecule has 0 fully saturated rings. The molecular formula is C20H16F3NO2S. The lowest BCUT2D eigenvalue weighted by Crippen LogP contribution is -2.15. The number of carbonyl (C=O) groups is 1. The number of para-hydroxylation sites is 2. The van der Waals surface area contributed by atoms with E-state index in [1.165, 1.54) is 18.2 Å². The van der Waals surface area contributed by atoms with Crippen LogP contribution >= 0.6 is 11.3 Å². The fraction of sp³-hybridized carbons (Fsp3) is 0.150. The fourth-order valence-corrected chi connectivity index (χ4v) is 3.26. The van der Waals surface area contributed by atoms with E-state index in [2.05, 4.69) is 5.32 Å². The Labute approximate surface area is 158 Å². The molecule has 0 atom stereocenters. The lowest BCUT2D eigenvalue weighted by Gasteiger charge is -2.12. The summed E-state index contributed by atoms with van der Waals surface area (Å²) in [4.78, 5) is 12.6. The molecule has 0 unspecified atom stereocenters. The lowest BCUT2D eigenvalue weighted by atomic mass is 10.1. The van der Waals surface area contributed by atoms with E-state index in [0.717, 1.165) is 34.3 Å². The van der Waals surface area contributed by atoms with E-state index in [9.17, 15) is 18.0 Å². The van der Waals surface area contributed by atoms with Crippen LogP contribution in [0.3, 0.4) is 0 Å². The summed E-state index contributed by atoms with van der Waals surface area (Å²) in [7, 11) is 0. The largest absolute Gasteiger partial charge is 0.489 e. The smallest absolute Gasteiger partial charge is 0.418 e. The lowest BCUT2D eigenvalue weighted by molar-refractivity contribution is -0.136. The quantitative estimate of drug-likeness (QED) is 0.587. The normalized spacial score (nSPS) is 11.3. The van der Waals surface area contributed by atoms with Gasteiger partial charge in [-0.2, -0.15) is 13.2 Å². The van der Waals surface area contributed by atoms with Crippen molar-refractivity contribution in [2.45, 2.75) is 19.7 Å². The molecule has 1 aromatic heterocycles. The standard InChI is InChI=1S/C20H16F3NO2S/c1-13-6-2-5-9-17(13)26-11-14-10-18(27-12-14)19(25)24-16-8-4-3-7-15(16)20(21,22)23/h2-10,12H,11H2,1H3,(H,24,25). The van der Waals surface area contributed by atoms with Crippen molar-refractivity contribution in [1.29, 1.82) is 0 Å². The molecule has 0 radical (unpaired) electrons. The van der Waals surface area contributed by atoms with Gasteiger partial charge >= 0.3 is 6.18 Å². The Morgan fingerprint density at radius 1 is 1.11 bits per heavy atom. The molecule has 1 heterocycles. The minimum atomic E-state index is -4.54. The van der Waals surface area contributed by atoms with Gasteiger partial charge in [0.2, 0.25) is 0 Å². The summed E-state index contributed by atoms with van der Waals surface area (Å²) >= 11 is 1.16. The van der Waals surface area contributed by atoms with Crippen molar-refractivity contribution in [3.63, 3.8) is 0 Å². The Bertz CT molecular complexity index is 950. The molecule has 3 aromatic rings. The molecule has 0 saturated heterocycles. The van der Waals surface area contributed by atoms with Gasteiger partial charge in [0.15, 0.2) is 0 Å². The zero-order valence-corrected chi connectivity index (χ0v) is 15.2. The topological polar surface area (TPSA) is 38.3 Å². The monoisotopic (exact) mass is 391 g/mol. The Balaban J connectivity index is 1.68. The van der Waals surface area contributed by atoms with Gasteiger partial charge in [0.25, 0.3) is 5.91 Å². The number of nitrogens with one attached hydrogen (secondary N) is 1. The Morgan fingerprint density at radius 2 is 1.81 bits per heavy atom. The second-order valence-electron chi connectivity index (χ2n) is 5.87. The van der Waals surface area contributed by atoms with Crippen LogP contribution in [0, 0.1) is 6.92 Å². The van der Waals surface area contributed by atoms with Crippen molar-refractivity contribution in [2.24, 2.45) is 0 Å². The number of alkyl halides is 3. The van der Waals surface area contributed by atoms with Crippen LogP contribution < -0.4 is 10.1 Å². The van der Waals surface area contributed by atoms with Crippen molar-refractivity contribution in [1.82, 2.24) is 0 Å². The molecule has 0 bridgehead atoms. The molecule has 3 nitrogen and oxygen atoms in total. The zero-order chi connectivity index (χ0) is 19.4. The van der Waals surface area contributed by atoms with Gasteiger partial charge in [0.05, 0.1) is 16.1 Å². The average Bonchev–Trinajstić information content (AvgIpc) is 3.10.